The minimum Gasteiger partial charge on any atom is -0.496 e. The number of aromatic nitrogens is 3. The van der Waals surface area contributed by atoms with Crippen LogP contribution in [0.5, 0.6) is 5.75 Å². The second-order valence-corrected chi connectivity index (χ2v) is 11.8. The Morgan fingerprint density at radius 3 is 2.34 bits per heavy atom. The van der Waals surface area contributed by atoms with Gasteiger partial charge in [0.2, 0.25) is 0 Å². The van der Waals surface area contributed by atoms with E-state index in [-0.39, 0.29) is 11.4 Å². The highest BCUT2D eigenvalue weighted by Gasteiger charge is 2.22. The van der Waals surface area contributed by atoms with Gasteiger partial charge >= 0.3 is 6.09 Å². The highest BCUT2D eigenvalue weighted by atomic mass is 32.2. The molecule has 5 aromatic rings. The van der Waals surface area contributed by atoms with Gasteiger partial charge in [-0.05, 0) is 80.8 Å². The van der Waals surface area contributed by atoms with Crippen LogP contribution in [0.15, 0.2) is 78.0 Å². The summed E-state index contributed by atoms with van der Waals surface area (Å²) in [6.07, 6.45) is 2.08. The standard InChI is InChI=1S/C31H30N4O5S/c1-19-6-9-27(10-7-19)41(38,39)35-29-11-8-23(14-25(29)17-33-35)24-12-20(2)13-26(15-24)34(31(36)37)18-28-22(4)30(40-5)21(3)16-32-28/h6-17H,18H2,1-5H3,(H,36,37). The number of carbonyl (C=O) groups is 1. The van der Waals surface area contributed by atoms with E-state index in [0.717, 1.165) is 37.5 Å². The first-order valence-corrected chi connectivity index (χ1v) is 14.3. The summed E-state index contributed by atoms with van der Waals surface area (Å²) < 4.78 is 33.1. The molecule has 0 spiro atoms. The zero-order chi connectivity index (χ0) is 29.5. The van der Waals surface area contributed by atoms with Gasteiger partial charge in [0.25, 0.3) is 10.0 Å². The molecule has 5 rings (SSSR count). The van der Waals surface area contributed by atoms with Gasteiger partial charge in [-0.1, -0.05) is 29.8 Å². The minimum atomic E-state index is -3.87. The van der Waals surface area contributed by atoms with E-state index < -0.39 is 16.1 Å². The Balaban J connectivity index is 1.52. The van der Waals surface area contributed by atoms with Crippen LogP contribution < -0.4 is 9.64 Å². The van der Waals surface area contributed by atoms with Crippen LogP contribution in [0.1, 0.15) is 27.9 Å². The number of amides is 1. The first kappa shape index (κ1) is 27.9. The Kier molecular flexibility index (Phi) is 7.27. The van der Waals surface area contributed by atoms with Crippen LogP contribution in [0.2, 0.25) is 0 Å². The summed E-state index contributed by atoms with van der Waals surface area (Å²) >= 11 is 0. The van der Waals surface area contributed by atoms with Gasteiger partial charge in [-0.25, -0.2) is 4.79 Å². The summed E-state index contributed by atoms with van der Waals surface area (Å²) in [5.74, 6) is 0.684. The van der Waals surface area contributed by atoms with E-state index in [4.69, 9.17) is 4.74 Å². The number of pyridine rings is 1. The lowest BCUT2D eigenvalue weighted by Crippen LogP contribution is -2.29. The fraction of sp³-hybridized carbons (Fsp3) is 0.194. The highest BCUT2D eigenvalue weighted by molar-refractivity contribution is 7.90. The van der Waals surface area contributed by atoms with Gasteiger partial charge in [0, 0.05) is 28.4 Å². The first-order valence-electron chi connectivity index (χ1n) is 12.9. The molecule has 0 saturated carbocycles. The van der Waals surface area contributed by atoms with Gasteiger partial charge in [-0.3, -0.25) is 9.88 Å². The lowest BCUT2D eigenvalue weighted by Gasteiger charge is -2.22. The third kappa shape index (κ3) is 5.26. The summed E-state index contributed by atoms with van der Waals surface area (Å²) in [6.45, 7) is 7.60. The molecule has 1 N–H and O–H groups in total. The molecule has 0 unspecified atom stereocenters. The van der Waals surface area contributed by atoms with Crippen molar-refractivity contribution in [3.63, 3.8) is 0 Å². The molecule has 210 valence electrons. The first-order chi connectivity index (χ1) is 19.5. The maximum atomic E-state index is 13.3. The zero-order valence-corrected chi connectivity index (χ0v) is 24.2. The molecule has 0 aliphatic rings. The predicted octanol–water partition coefficient (Wildman–Crippen LogP) is 6.26. The van der Waals surface area contributed by atoms with Gasteiger partial charge in [0.1, 0.15) is 5.75 Å². The normalized spacial score (nSPS) is 11.5. The van der Waals surface area contributed by atoms with Gasteiger partial charge in [0.15, 0.2) is 0 Å². The van der Waals surface area contributed by atoms with E-state index >= 15 is 0 Å². The second kappa shape index (κ2) is 10.7. The van der Waals surface area contributed by atoms with E-state index in [0.29, 0.717) is 28.0 Å². The van der Waals surface area contributed by atoms with Gasteiger partial charge < -0.3 is 9.84 Å². The van der Waals surface area contributed by atoms with Crippen LogP contribution in [0, 0.1) is 27.7 Å². The van der Waals surface area contributed by atoms with Crippen LogP contribution in [-0.2, 0) is 16.6 Å². The van der Waals surface area contributed by atoms with Crippen molar-refractivity contribution in [1.82, 2.24) is 14.2 Å². The van der Waals surface area contributed by atoms with Gasteiger partial charge in [-0.15, -0.1) is 0 Å². The molecule has 10 heteroatoms. The molecule has 41 heavy (non-hydrogen) atoms. The largest absolute Gasteiger partial charge is 0.496 e. The van der Waals surface area contributed by atoms with E-state index in [2.05, 4.69) is 10.1 Å². The Bertz CT molecular complexity index is 1900. The van der Waals surface area contributed by atoms with E-state index in [9.17, 15) is 18.3 Å². The highest BCUT2D eigenvalue weighted by Crippen LogP contribution is 2.32. The SMILES string of the molecule is COc1c(C)cnc(CN(C(=O)O)c2cc(C)cc(-c3ccc4c(cnn4S(=O)(=O)c4ccc(C)cc4)c3)c2)c1C. The van der Waals surface area contributed by atoms with Crippen LogP contribution in [-0.4, -0.2) is 40.9 Å². The van der Waals surface area contributed by atoms with Crippen molar-refractivity contribution in [2.24, 2.45) is 0 Å². The molecular weight excluding hydrogens is 540 g/mol. The average molecular weight is 571 g/mol. The van der Waals surface area contributed by atoms with Crippen molar-refractivity contribution in [3.05, 3.63) is 101 Å². The summed E-state index contributed by atoms with van der Waals surface area (Å²) in [6, 6.07) is 17.6. The Labute approximate surface area is 238 Å². The lowest BCUT2D eigenvalue weighted by molar-refractivity contribution is 0.201. The van der Waals surface area contributed by atoms with Crippen LogP contribution in [0.4, 0.5) is 10.5 Å². The molecule has 0 radical (unpaired) electrons. The van der Waals surface area contributed by atoms with Crippen LogP contribution in [0.25, 0.3) is 22.0 Å². The Morgan fingerprint density at radius 2 is 1.66 bits per heavy atom. The topological polar surface area (TPSA) is 115 Å². The number of hydrogen-bond acceptors (Lipinski definition) is 6. The maximum Gasteiger partial charge on any atom is 0.412 e. The summed E-state index contributed by atoms with van der Waals surface area (Å²) in [5.41, 5.74) is 6.61. The van der Waals surface area contributed by atoms with Crippen molar-refractivity contribution < 1.29 is 23.1 Å². The fourth-order valence-electron chi connectivity index (χ4n) is 4.93. The van der Waals surface area contributed by atoms with Gasteiger partial charge in [-0.2, -0.15) is 17.6 Å². The zero-order valence-electron chi connectivity index (χ0n) is 23.4. The second-order valence-electron chi connectivity index (χ2n) is 10.1. The van der Waals surface area contributed by atoms with Crippen molar-refractivity contribution >= 4 is 32.7 Å². The van der Waals surface area contributed by atoms with Crippen LogP contribution in [0.3, 0.4) is 0 Å². The molecule has 2 aromatic heterocycles. The minimum absolute atomic E-state index is 0.0450. The molecule has 0 saturated heterocycles. The number of anilines is 1. The number of aryl methyl sites for hydroxylation is 3. The number of carboxylic acid groups (broad SMARTS) is 1. The average Bonchev–Trinajstić information content (AvgIpc) is 3.37. The molecule has 0 fully saturated rings. The van der Waals surface area contributed by atoms with Gasteiger partial charge in [0.05, 0.1) is 36.0 Å². The molecular formula is C31H30N4O5S. The number of rotatable bonds is 7. The molecule has 1 amide bonds. The Hall–Kier alpha value is -4.70. The smallest absolute Gasteiger partial charge is 0.412 e. The monoisotopic (exact) mass is 570 g/mol. The molecule has 3 aromatic carbocycles. The maximum absolute atomic E-state index is 13.3. The molecule has 0 aliphatic heterocycles. The number of fused-ring (bicyclic) bond motifs is 1. The van der Waals surface area contributed by atoms with Crippen molar-refractivity contribution in [3.8, 4) is 16.9 Å². The number of nitrogens with zero attached hydrogens (tertiary/aromatic N) is 4. The van der Waals surface area contributed by atoms with Crippen molar-refractivity contribution in [2.75, 3.05) is 12.0 Å². The molecule has 0 atom stereocenters. The van der Waals surface area contributed by atoms with E-state index in [1.165, 1.54) is 11.1 Å². The third-order valence-corrected chi connectivity index (χ3v) is 8.69. The summed E-state index contributed by atoms with van der Waals surface area (Å²) in [7, 11) is -2.29. The quantitative estimate of drug-likeness (QED) is 0.246. The van der Waals surface area contributed by atoms with Crippen molar-refractivity contribution in [2.45, 2.75) is 39.1 Å². The van der Waals surface area contributed by atoms with Crippen LogP contribution >= 0.6 is 0 Å². The number of methoxy groups -OCH3 is 1. The molecule has 0 bridgehead atoms. The Morgan fingerprint density at radius 1 is 0.927 bits per heavy atom. The lowest BCUT2D eigenvalue weighted by atomic mass is 10.0. The summed E-state index contributed by atoms with van der Waals surface area (Å²) in [4.78, 5) is 18.3. The summed E-state index contributed by atoms with van der Waals surface area (Å²) in [5, 5.41) is 15.0. The third-order valence-electron chi connectivity index (χ3n) is 7.08. The van der Waals surface area contributed by atoms with E-state index in [1.54, 1.807) is 49.7 Å². The molecule has 2 heterocycles. The van der Waals surface area contributed by atoms with E-state index in [1.807, 2.05) is 52.0 Å². The number of hydrogen-bond donors (Lipinski definition) is 1. The molecule has 9 nitrogen and oxygen atoms in total. The van der Waals surface area contributed by atoms with Crippen molar-refractivity contribution in [1.29, 1.82) is 0 Å². The number of benzene rings is 3. The number of ether oxygens (including phenoxy) is 1. The fourth-order valence-corrected chi connectivity index (χ4v) is 6.20. The molecule has 0 aliphatic carbocycles. The predicted molar refractivity (Wildman–Crippen MR) is 158 cm³/mol.